The first kappa shape index (κ1) is 16.0. The molecule has 0 saturated carbocycles. The molecule has 1 atom stereocenters. The third-order valence-corrected chi connectivity index (χ3v) is 3.47. The van der Waals surface area contributed by atoms with Gasteiger partial charge in [-0.3, -0.25) is 4.90 Å². The van der Waals surface area contributed by atoms with E-state index in [1.165, 1.54) is 0 Å². The Balaban J connectivity index is 2.06. The number of benzene rings is 2. The summed E-state index contributed by atoms with van der Waals surface area (Å²) in [6.07, 6.45) is 1.28. The highest BCUT2D eigenvalue weighted by atomic mass is 16.3. The minimum absolute atomic E-state index is 0.521. The quantitative estimate of drug-likeness (QED) is 0.797. The summed E-state index contributed by atoms with van der Waals surface area (Å²) in [5.41, 5.74) is 2.61. The van der Waals surface area contributed by atoms with Crippen LogP contribution in [0.4, 0.5) is 0 Å². The molecule has 0 aliphatic carbocycles. The van der Waals surface area contributed by atoms with Crippen molar-refractivity contribution in [1.29, 1.82) is 5.26 Å². The molecule has 112 valence electrons. The molecule has 1 unspecified atom stereocenters. The van der Waals surface area contributed by atoms with E-state index in [1.807, 2.05) is 54.6 Å². The van der Waals surface area contributed by atoms with Crippen LogP contribution in [-0.4, -0.2) is 23.1 Å². The second kappa shape index (κ2) is 8.14. The minimum atomic E-state index is -0.541. The van der Waals surface area contributed by atoms with Crippen LogP contribution in [0.3, 0.4) is 0 Å². The minimum Gasteiger partial charge on any atom is -0.387 e. The standard InChI is InChI=1S/C19H20N2O/c1-2-11-21(14-17-8-6-7-16(12-17)13-20)15-19(22)18-9-4-3-5-10-18/h2-10,12,19,22H,1,11,14-15H2. The van der Waals surface area contributed by atoms with Crippen LogP contribution in [0.1, 0.15) is 22.8 Å². The van der Waals surface area contributed by atoms with Crippen molar-refractivity contribution in [1.82, 2.24) is 4.90 Å². The van der Waals surface area contributed by atoms with E-state index in [0.29, 0.717) is 25.2 Å². The molecule has 0 aliphatic heterocycles. The summed E-state index contributed by atoms with van der Waals surface area (Å²) in [7, 11) is 0. The monoisotopic (exact) mass is 292 g/mol. The van der Waals surface area contributed by atoms with Gasteiger partial charge < -0.3 is 5.11 Å². The molecule has 0 saturated heterocycles. The smallest absolute Gasteiger partial charge is 0.0991 e. The van der Waals surface area contributed by atoms with Gasteiger partial charge in [0.25, 0.3) is 0 Å². The number of nitriles is 1. The fraction of sp³-hybridized carbons (Fsp3) is 0.211. The van der Waals surface area contributed by atoms with Gasteiger partial charge in [0, 0.05) is 19.6 Å². The second-order valence-electron chi connectivity index (χ2n) is 5.22. The van der Waals surface area contributed by atoms with Gasteiger partial charge in [-0.1, -0.05) is 48.5 Å². The molecule has 2 aromatic carbocycles. The molecule has 0 heterocycles. The molecule has 2 rings (SSSR count). The van der Waals surface area contributed by atoms with E-state index in [2.05, 4.69) is 17.5 Å². The third-order valence-electron chi connectivity index (χ3n) is 3.47. The van der Waals surface area contributed by atoms with E-state index in [-0.39, 0.29) is 0 Å². The van der Waals surface area contributed by atoms with Crippen molar-refractivity contribution in [2.24, 2.45) is 0 Å². The van der Waals surface area contributed by atoms with Crippen molar-refractivity contribution in [3.8, 4) is 6.07 Å². The fourth-order valence-corrected chi connectivity index (χ4v) is 2.41. The Morgan fingerprint density at radius 3 is 2.64 bits per heavy atom. The Hall–Kier alpha value is -2.41. The molecule has 0 aromatic heterocycles. The highest BCUT2D eigenvalue weighted by Crippen LogP contribution is 2.16. The Morgan fingerprint density at radius 2 is 1.95 bits per heavy atom. The average molecular weight is 292 g/mol. The SMILES string of the molecule is C=CCN(Cc1cccc(C#N)c1)CC(O)c1ccccc1. The lowest BCUT2D eigenvalue weighted by Gasteiger charge is -2.24. The summed E-state index contributed by atoms with van der Waals surface area (Å²) >= 11 is 0. The molecule has 0 radical (unpaired) electrons. The van der Waals surface area contributed by atoms with E-state index in [1.54, 1.807) is 6.07 Å². The van der Waals surface area contributed by atoms with Crippen molar-refractivity contribution >= 4 is 0 Å². The molecule has 22 heavy (non-hydrogen) atoms. The van der Waals surface area contributed by atoms with Crippen LogP contribution >= 0.6 is 0 Å². The Kier molecular flexibility index (Phi) is 5.91. The van der Waals surface area contributed by atoms with Crippen molar-refractivity contribution in [3.63, 3.8) is 0 Å². The van der Waals surface area contributed by atoms with Crippen LogP contribution in [0.25, 0.3) is 0 Å². The van der Waals surface area contributed by atoms with Crippen LogP contribution in [0, 0.1) is 11.3 Å². The summed E-state index contributed by atoms with van der Waals surface area (Å²) < 4.78 is 0. The number of hydrogen-bond donors (Lipinski definition) is 1. The summed E-state index contributed by atoms with van der Waals surface area (Å²) in [5.74, 6) is 0. The lowest BCUT2D eigenvalue weighted by molar-refractivity contribution is 0.116. The lowest BCUT2D eigenvalue weighted by Crippen LogP contribution is -2.28. The first-order chi connectivity index (χ1) is 10.7. The number of nitrogens with zero attached hydrogens (tertiary/aromatic N) is 2. The normalized spacial score (nSPS) is 11.9. The summed E-state index contributed by atoms with van der Waals surface area (Å²) in [6.45, 7) is 5.65. The summed E-state index contributed by atoms with van der Waals surface area (Å²) in [4.78, 5) is 2.11. The molecule has 3 nitrogen and oxygen atoms in total. The average Bonchev–Trinajstić information content (AvgIpc) is 2.56. The van der Waals surface area contributed by atoms with Gasteiger partial charge in [0.1, 0.15) is 0 Å². The zero-order valence-corrected chi connectivity index (χ0v) is 12.5. The predicted octanol–water partition coefficient (Wildman–Crippen LogP) is 3.28. The lowest BCUT2D eigenvalue weighted by atomic mass is 10.1. The van der Waals surface area contributed by atoms with Gasteiger partial charge in [-0.25, -0.2) is 0 Å². The van der Waals surface area contributed by atoms with Gasteiger partial charge >= 0.3 is 0 Å². The molecule has 0 aliphatic rings. The van der Waals surface area contributed by atoms with E-state index in [9.17, 15) is 5.11 Å². The molecule has 1 N–H and O–H groups in total. The van der Waals surface area contributed by atoms with Crippen LogP contribution in [0.2, 0.25) is 0 Å². The molecule has 0 fully saturated rings. The van der Waals surface area contributed by atoms with Crippen LogP contribution < -0.4 is 0 Å². The van der Waals surface area contributed by atoms with Crippen LogP contribution in [0.15, 0.2) is 67.3 Å². The molecule has 0 spiro atoms. The molecular weight excluding hydrogens is 272 g/mol. The van der Waals surface area contributed by atoms with E-state index >= 15 is 0 Å². The van der Waals surface area contributed by atoms with E-state index in [4.69, 9.17) is 5.26 Å². The van der Waals surface area contributed by atoms with Gasteiger partial charge in [-0.2, -0.15) is 5.26 Å². The summed E-state index contributed by atoms with van der Waals surface area (Å²) in [5, 5.41) is 19.3. The highest BCUT2D eigenvalue weighted by Gasteiger charge is 2.13. The Labute approximate surface area is 131 Å². The predicted molar refractivity (Wildman–Crippen MR) is 88.0 cm³/mol. The van der Waals surface area contributed by atoms with Crippen molar-refractivity contribution in [3.05, 3.63) is 83.9 Å². The maximum atomic E-state index is 10.4. The maximum absolute atomic E-state index is 10.4. The molecule has 3 heteroatoms. The van der Waals surface area contributed by atoms with Gasteiger partial charge in [-0.05, 0) is 23.3 Å². The third kappa shape index (κ3) is 4.56. The molecule has 2 aromatic rings. The highest BCUT2D eigenvalue weighted by molar-refractivity contribution is 5.32. The topological polar surface area (TPSA) is 47.3 Å². The van der Waals surface area contributed by atoms with Crippen molar-refractivity contribution in [2.75, 3.05) is 13.1 Å². The van der Waals surface area contributed by atoms with E-state index in [0.717, 1.165) is 11.1 Å². The number of aliphatic hydroxyl groups is 1. The van der Waals surface area contributed by atoms with Gasteiger partial charge in [-0.15, -0.1) is 6.58 Å². The van der Waals surface area contributed by atoms with Crippen LogP contribution in [-0.2, 0) is 6.54 Å². The molecule has 0 bridgehead atoms. The molecular formula is C19H20N2O. The molecule has 0 amide bonds. The Bertz CT molecular complexity index is 646. The van der Waals surface area contributed by atoms with Gasteiger partial charge in [0.15, 0.2) is 0 Å². The Morgan fingerprint density at radius 1 is 1.18 bits per heavy atom. The number of hydrogen-bond acceptors (Lipinski definition) is 3. The van der Waals surface area contributed by atoms with Gasteiger partial charge in [0.05, 0.1) is 17.7 Å². The summed E-state index contributed by atoms with van der Waals surface area (Å²) in [6, 6.07) is 19.3. The maximum Gasteiger partial charge on any atom is 0.0991 e. The first-order valence-corrected chi connectivity index (χ1v) is 7.28. The number of rotatable bonds is 7. The zero-order valence-electron chi connectivity index (χ0n) is 12.5. The largest absolute Gasteiger partial charge is 0.387 e. The first-order valence-electron chi connectivity index (χ1n) is 7.28. The van der Waals surface area contributed by atoms with Crippen molar-refractivity contribution < 1.29 is 5.11 Å². The van der Waals surface area contributed by atoms with E-state index < -0.39 is 6.10 Å². The van der Waals surface area contributed by atoms with Crippen molar-refractivity contribution in [2.45, 2.75) is 12.6 Å². The van der Waals surface area contributed by atoms with Crippen LogP contribution in [0.5, 0.6) is 0 Å². The second-order valence-corrected chi connectivity index (χ2v) is 5.22. The zero-order chi connectivity index (χ0) is 15.8. The van der Waals surface area contributed by atoms with Gasteiger partial charge in [0.2, 0.25) is 0 Å². The fourth-order valence-electron chi connectivity index (χ4n) is 2.41. The number of aliphatic hydroxyl groups excluding tert-OH is 1.